The molecule has 0 amide bonds. The molecule has 2 aromatic rings. The number of nitrogens with zero attached hydrogens (tertiary/aromatic N) is 2. The van der Waals surface area contributed by atoms with Gasteiger partial charge in [0.1, 0.15) is 5.52 Å². The molecule has 4 heteroatoms. The second kappa shape index (κ2) is 2.58. The number of carboxylic acid groups (broad SMARTS) is 1. The fraction of sp³-hybridized carbons (Fsp3) is 0.111. The van der Waals surface area contributed by atoms with Crippen molar-refractivity contribution >= 4 is 16.9 Å². The first-order valence-corrected chi connectivity index (χ1v) is 3.84. The lowest BCUT2D eigenvalue weighted by atomic mass is 10.1. The largest absolute Gasteiger partial charge is 0.478 e. The SMILES string of the molecule is Cn1cc2cccc(C(=O)O)c2n1. The van der Waals surface area contributed by atoms with Crippen LogP contribution in [0.2, 0.25) is 0 Å². The van der Waals surface area contributed by atoms with Crippen molar-refractivity contribution in [2.45, 2.75) is 0 Å². The van der Waals surface area contributed by atoms with Crippen molar-refractivity contribution in [2.24, 2.45) is 7.05 Å². The standard InChI is InChI=1S/C9H8N2O2/c1-11-5-6-3-2-4-7(9(12)13)8(6)10-11/h2-5H,1H3,(H,12,13). The molecule has 1 N–H and O–H groups in total. The number of aromatic nitrogens is 2. The highest BCUT2D eigenvalue weighted by molar-refractivity contribution is 6.01. The first-order valence-electron chi connectivity index (χ1n) is 3.84. The van der Waals surface area contributed by atoms with Gasteiger partial charge in [-0.25, -0.2) is 4.79 Å². The quantitative estimate of drug-likeness (QED) is 0.711. The van der Waals surface area contributed by atoms with E-state index in [1.807, 2.05) is 6.07 Å². The summed E-state index contributed by atoms with van der Waals surface area (Å²) in [5.74, 6) is -0.940. The summed E-state index contributed by atoms with van der Waals surface area (Å²) in [7, 11) is 1.77. The number of carboxylic acids is 1. The maximum absolute atomic E-state index is 10.8. The van der Waals surface area contributed by atoms with Gasteiger partial charge in [0.2, 0.25) is 0 Å². The molecule has 2 rings (SSSR count). The van der Waals surface area contributed by atoms with Crippen LogP contribution in [-0.2, 0) is 7.05 Å². The monoisotopic (exact) mass is 176 g/mol. The molecule has 1 aromatic heterocycles. The van der Waals surface area contributed by atoms with Crippen LogP contribution in [0.15, 0.2) is 24.4 Å². The van der Waals surface area contributed by atoms with Crippen molar-refractivity contribution in [1.82, 2.24) is 9.78 Å². The van der Waals surface area contributed by atoms with Crippen LogP contribution in [0.25, 0.3) is 10.9 Å². The molecule has 0 unspecified atom stereocenters. The van der Waals surface area contributed by atoms with Crippen LogP contribution < -0.4 is 0 Å². The first-order chi connectivity index (χ1) is 6.18. The highest BCUT2D eigenvalue weighted by Gasteiger charge is 2.09. The van der Waals surface area contributed by atoms with Gasteiger partial charge in [0, 0.05) is 18.6 Å². The molecule has 4 nitrogen and oxygen atoms in total. The smallest absolute Gasteiger partial charge is 0.337 e. The van der Waals surface area contributed by atoms with Crippen molar-refractivity contribution in [3.05, 3.63) is 30.0 Å². The Morgan fingerprint density at radius 3 is 3.00 bits per heavy atom. The Kier molecular flexibility index (Phi) is 1.55. The van der Waals surface area contributed by atoms with Crippen molar-refractivity contribution < 1.29 is 9.90 Å². The summed E-state index contributed by atoms with van der Waals surface area (Å²) in [4.78, 5) is 10.8. The molecule has 0 aliphatic rings. The molecule has 0 bridgehead atoms. The van der Waals surface area contributed by atoms with Crippen LogP contribution in [0.1, 0.15) is 10.4 Å². The van der Waals surface area contributed by atoms with Crippen molar-refractivity contribution in [3.63, 3.8) is 0 Å². The van der Waals surface area contributed by atoms with Gasteiger partial charge in [-0.05, 0) is 6.07 Å². The van der Waals surface area contributed by atoms with Crippen molar-refractivity contribution in [3.8, 4) is 0 Å². The Labute approximate surface area is 74.4 Å². The van der Waals surface area contributed by atoms with Gasteiger partial charge in [0.25, 0.3) is 0 Å². The van der Waals surface area contributed by atoms with Gasteiger partial charge in [-0.3, -0.25) is 4.68 Å². The van der Waals surface area contributed by atoms with Gasteiger partial charge >= 0.3 is 5.97 Å². The Morgan fingerprint density at radius 2 is 2.31 bits per heavy atom. The second-order valence-corrected chi connectivity index (χ2v) is 2.85. The Hall–Kier alpha value is -1.84. The van der Waals surface area contributed by atoms with Gasteiger partial charge in [0.05, 0.1) is 5.56 Å². The number of hydrogen-bond acceptors (Lipinski definition) is 2. The van der Waals surface area contributed by atoms with E-state index in [-0.39, 0.29) is 5.56 Å². The molecule has 0 saturated carbocycles. The lowest BCUT2D eigenvalue weighted by Crippen LogP contribution is -1.97. The number of rotatable bonds is 1. The van der Waals surface area contributed by atoms with E-state index in [1.54, 1.807) is 30.1 Å². The summed E-state index contributed by atoms with van der Waals surface area (Å²) in [5.41, 5.74) is 0.788. The number of aromatic carboxylic acids is 1. The van der Waals surface area contributed by atoms with Crippen LogP contribution >= 0.6 is 0 Å². The fourth-order valence-electron chi connectivity index (χ4n) is 1.34. The van der Waals surface area contributed by atoms with Crippen molar-refractivity contribution in [1.29, 1.82) is 0 Å². The summed E-state index contributed by atoms with van der Waals surface area (Å²) in [5, 5.41) is 13.8. The molecular formula is C9H8N2O2. The molecule has 1 aromatic carbocycles. The van der Waals surface area contributed by atoms with Crippen LogP contribution in [0.4, 0.5) is 0 Å². The lowest BCUT2D eigenvalue weighted by Gasteiger charge is -1.93. The summed E-state index contributed by atoms with van der Waals surface area (Å²) in [6.45, 7) is 0. The molecule has 66 valence electrons. The van der Waals surface area contributed by atoms with Crippen LogP contribution in [-0.4, -0.2) is 20.9 Å². The molecule has 0 saturated heterocycles. The van der Waals surface area contributed by atoms with E-state index in [4.69, 9.17) is 5.11 Å². The van der Waals surface area contributed by atoms with E-state index in [0.717, 1.165) is 5.39 Å². The fourth-order valence-corrected chi connectivity index (χ4v) is 1.34. The molecular weight excluding hydrogens is 168 g/mol. The molecule has 0 aliphatic heterocycles. The third kappa shape index (κ3) is 1.16. The van der Waals surface area contributed by atoms with Gasteiger partial charge in [-0.2, -0.15) is 5.10 Å². The lowest BCUT2D eigenvalue weighted by molar-refractivity contribution is 0.0699. The number of hydrogen-bond donors (Lipinski definition) is 1. The van der Waals surface area contributed by atoms with E-state index < -0.39 is 5.97 Å². The zero-order valence-electron chi connectivity index (χ0n) is 7.06. The van der Waals surface area contributed by atoms with Crippen LogP contribution in [0.5, 0.6) is 0 Å². The Bertz CT molecular complexity index is 473. The first kappa shape index (κ1) is 7.79. The highest BCUT2D eigenvalue weighted by Crippen LogP contribution is 2.16. The normalized spacial score (nSPS) is 10.5. The van der Waals surface area contributed by atoms with Gasteiger partial charge < -0.3 is 5.11 Å². The summed E-state index contributed by atoms with van der Waals surface area (Å²) < 4.78 is 1.61. The predicted molar refractivity (Wildman–Crippen MR) is 47.7 cm³/mol. The Morgan fingerprint density at radius 1 is 1.54 bits per heavy atom. The van der Waals surface area contributed by atoms with Gasteiger partial charge in [-0.1, -0.05) is 12.1 Å². The topological polar surface area (TPSA) is 55.1 Å². The number of fused-ring (bicyclic) bond motifs is 1. The molecule has 13 heavy (non-hydrogen) atoms. The second-order valence-electron chi connectivity index (χ2n) is 2.85. The van der Waals surface area contributed by atoms with E-state index >= 15 is 0 Å². The maximum atomic E-state index is 10.8. The molecule has 0 atom stereocenters. The molecule has 0 fully saturated rings. The van der Waals surface area contributed by atoms with E-state index in [9.17, 15) is 4.79 Å². The number of aryl methyl sites for hydroxylation is 1. The predicted octanol–water partition coefficient (Wildman–Crippen LogP) is 1.27. The third-order valence-corrected chi connectivity index (χ3v) is 1.88. The molecule has 0 spiro atoms. The summed E-state index contributed by atoms with van der Waals surface area (Å²) >= 11 is 0. The minimum absolute atomic E-state index is 0.248. The average molecular weight is 176 g/mol. The van der Waals surface area contributed by atoms with Gasteiger partial charge in [-0.15, -0.1) is 0 Å². The Balaban J connectivity index is 2.82. The van der Waals surface area contributed by atoms with Crippen LogP contribution in [0.3, 0.4) is 0 Å². The van der Waals surface area contributed by atoms with Crippen molar-refractivity contribution in [2.75, 3.05) is 0 Å². The number of benzene rings is 1. The summed E-state index contributed by atoms with van der Waals surface area (Å²) in [6.07, 6.45) is 1.79. The van der Waals surface area contributed by atoms with E-state index in [1.165, 1.54) is 0 Å². The van der Waals surface area contributed by atoms with E-state index in [0.29, 0.717) is 5.52 Å². The molecule has 1 heterocycles. The minimum Gasteiger partial charge on any atom is -0.478 e. The van der Waals surface area contributed by atoms with E-state index in [2.05, 4.69) is 5.10 Å². The maximum Gasteiger partial charge on any atom is 0.337 e. The molecule has 0 aliphatic carbocycles. The average Bonchev–Trinajstić information content (AvgIpc) is 2.43. The van der Waals surface area contributed by atoms with Gasteiger partial charge in [0.15, 0.2) is 0 Å². The zero-order valence-corrected chi connectivity index (χ0v) is 7.06. The van der Waals surface area contributed by atoms with Crippen LogP contribution in [0, 0.1) is 0 Å². The highest BCUT2D eigenvalue weighted by atomic mass is 16.4. The number of carbonyl (C=O) groups is 1. The molecule has 0 radical (unpaired) electrons. The minimum atomic E-state index is -0.940. The summed E-state index contributed by atoms with van der Waals surface area (Å²) in [6, 6.07) is 5.11. The zero-order chi connectivity index (χ0) is 9.42. The third-order valence-electron chi connectivity index (χ3n) is 1.88.